The third-order valence-corrected chi connectivity index (χ3v) is 9.43. The van der Waals surface area contributed by atoms with Crippen LogP contribution in [0.1, 0.15) is 61.5 Å². The van der Waals surface area contributed by atoms with Gasteiger partial charge in [-0.15, -0.1) is 0 Å². The first-order valence-corrected chi connectivity index (χ1v) is 13.5. The van der Waals surface area contributed by atoms with E-state index >= 15 is 0 Å². The van der Waals surface area contributed by atoms with Crippen LogP contribution in [0.2, 0.25) is 5.02 Å². The molecule has 2 unspecified atom stereocenters. The largest absolute Gasteiger partial charge is 0.365 e. The van der Waals surface area contributed by atoms with Crippen LogP contribution < -0.4 is 0 Å². The van der Waals surface area contributed by atoms with Crippen LogP contribution in [0.4, 0.5) is 0 Å². The molecule has 38 heavy (non-hydrogen) atoms. The van der Waals surface area contributed by atoms with Gasteiger partial charge in [0.25, 0.3) is 0 Å². The van der Waals surface area contributed by atoms with Crippen molar-refractivity contribution in [3.8, 4) is 0 Å². The number of hydrogen-bond acceptors (Lipinski definition) is 4. The lowest BCUT2D eigenvalue weighted by Gasteiger charge is -2.42. The van der Waals surface area contributed by atoms with E-state index < -0.39 is 11.4 Å². The minimum Gasteiger partial charge on any atom is -0.334 e. The Morgan fingerprint density at radius 2 is 1.39 bits per heavy atom. The first-order chi connectivity index (χ1) is 18.2. The van der Waals surface area contributed by atoms with E-state index in [4.69, 9.17) is 16.4 Å². The Morgan fingerprint density at radius 1 is 0.842 bits per heavy atom. The van der Waals surface area contributed by atoms with Crippen molar-refractivity contribution in [2.24, 2.45) is 21.4 Å². The fourth-order valence-electron chi connectivity index (χ4n) is 6.34. The number of oxime groups is 1. The quantitative estimate of drug-likeness (QED) is 0.239. The molecule has 5 rings (SSSR count). The Balaban J connectivity index is 1.44. The zero-order chi connectivity index (χ0) is 27.0. The molecule has 2 aliphatic rings. The molecule has 196 valence electrons. The predicted molar refractivity (Wildman–Crippen MR) is 150 cm³/mol. The van der Waals surface area contributed by atoms with Gasteiger partial charge >= 0.3 is 5.97 Å². The standard InChI is InChI=1S/C32H33ClN2O3/c1-30(2)31(3)18-19-32(30,20-27(31)34-38-28(36)25-14-16-26(33)17-15-25)29(37)35(21-23-10-6-4-7-11-23)22-24-12-8-5-9-13-24/h4-17H,18-22H2,1-3H3/b34-27+. The molecule has 3 aromatic carbocycles. The van der Waals surface area contributed by atoms with Gasteiger partial charge in [0.1, 0.15) is 0 Å². The smallest absolute Gasteiger partial charge is 0.334 e. The van der Waals surface area contributed by atoms with E-state index in [2.05, 4.69) is 50.2 Å². The van der Waals surface area contributed by atoms with Crippen molar-refractivity contribution in [3.05, 3.63) is 107 Å². The number of fused-ring (bicyclic) bond motifs is 2. The average molecular weight is 529 g/mol. The van der Waals surface area contributed by atoms with Gasteiger partial charge in [-0.25, -0.2) is 4.79 Å². The summed E-state index contributed by atoms with van der Waals surface area (Å²) in [6, 6.07) is 26.8. The molecule has 3 aromatic rings. The highest BCUT2D eigenvalue weighted by Gasteiger charge is 2.72. The topological polar surface area (TPSA) is 59.0 Å². The Hall–Kier alpha value is -3.44. The van der Waals surface area contributed by atoms with E-state index in [-0.39, 0.29) is 16.7 Å². The van der Waals surface area contributed by atoms with E-state index in [9.17, 15) is 9.59 Å². The monoisotopic (exact) mass is 528 g/mol. The number of carbonyl (C=O) groups is 2. The summed E-state index contributed by atoms with van der Waals surface area (Å²) in [6.45, 7) is 7.56. The van der Waals surface area contributed by atoms with Gasteiger partial charge in [0.2, 0.25) is 5.91 Å². The second kappa shape index (κ2) is 10.0. The minimum absolute atomic E-state index is 0.133. The zero-order valence-electron chi connectivity index (χ0n) is 22.1. The zero-order valence-corrected chi connectivity index (χ0v) is 22.9. The molecule has 5 nitrogen and oxygen atoms in total. The van der Waals surface area contributed by atoms with Gasteiger partial charge in [0, 0.05) is 29.9 Å². The number of nitrogens with zero attached hydrogens (tertiary/aromatic N) is 2. The molecular formula is C32H33ClN2O3. The van der Waals surface area contributed by atoms with E-state index in [1.54, 1.807) is 24.3 Å². The number of benzene rings is 3. The van der Waals surface area contributed by atoms with Crippen molar-refractivity contribution in [1.82, 2.24) is 4.90 Å². The van der Waals surface area contributed by atoms with Gasteiger partial charge in [-0.05, 0) is 53.6 Å². The Bertz CT molecular complexity index is 1310. The van der Waals surface area contributed by atoms with Crippen molar-refractivity contribution in [3.63, 3.8) is 0 Å². The van der Waals surface area contributed by atoms with Crippen LogP contribution in [-0.2, 0) is 22.7 Å². The molecule has 6 heteroatoms. The highest BCUT2D eigenvalue weighted by atomic mass is 35.5. The van der Waals surface area contributed by atoms with Crippen molar-refractivity contribution in [1.29, 1.82) is 0 Å². The summed E-state index contributed by atoms with van der Waals surface area (Å²) < 4.78 is 0. The molecule has 0 saturated heterocycles. The van der Waals surface area contributed by atoms with Gasteiger partial charge in [-0.2, -0.15) is 0 Å². The number of carbonyl (C=O) groups excluding carboxylic acids is 2. The normalized spacial score (nSPS) is 24.4. The molecule has 2 bridgehead atoms. The first kappa shape index (κ1) is 26.2. The molecule has 0 aliphatic heterocycles. The van der Waals surface area contributed by atoms with Crippen molar-refractivity contribution in [2.45, 2.75) is 53.1 Å². The highest BCUT2D eigenvalue weighted by Crippen LogP contribution is 2.71. The fraction of sp³-hybridized carbons (Fsp3) is 0.344. The minimum atomic E-state index is -0.628. The summed E-state index contributed by atoms with van der Waals surface area (Å²) in [6.07, 6.45) is 2.07. The second-order valence-electron chi connectivity index (χ2n) is 11.3. The summed E-state index contributed by atoms with van der Waals surface area (Å²) in [5.74, 6) is -0.401. The molecule has 0 aromatic heterocycles. The summed E-state index contributed by atoms with van der Waals surface area (Å²) in [7, 11) is 0. The third kappa shape index (κ3) is 4.43. The van der Waals surface area contributed by atoms with E-state index in [0.29, 0.717) is 30.1 Å². The van der Waals surface area contributed by atoms with Crippen LogP contribution in [-0.4, -0.2) is 22.5 Å². The van der Waals surface area contributed by atoms with Crippen LogP contribution in [0.5, 0.6) is 0 Å². The molecule has 2 aliphatic carbocycles. The summed E-state index contributed by atoms with van der Waals surface area (Å²) in [4.78, 5) is 34.7. The van der Waals surface area contributed by atoms with Crippen molar-refractivity contribution < 1.29 is 14.4 Å². The fourth-order valence-corrected chi connectivity index (χ4v) is 6.47. The van der Waals surface area contributed by atoms with Crippen molar-refractivity contribution in [2.75, 3.05) is 0 Å². The van der Waals surface area contributed by atoms with E-state index in [1.807, 2.05) is 41.3 Å². The van der Waals surface area contributed by atoms with E-state index in [0.717, 1.165) is 29.7 Å². The molecule has 2 fully saturated rings. The maximum Gasteiger partial charge on any atom is 0.365 e. The summed E-state index contributed by atoms with van der Waals surface area (Å²) >= 11 is 5.95. The van der Waals surface area contributed by atoms with Gasteiger partial charge in [0.05, 0.1) is 16.7 Å². The van der Waals surface area contributed by atoms with Gasteiger partial charge in [0.15, 0.2) is 0 Å². The molecule has 0 heterocycles. The third-order valence-electron chi connectivity index (χ3n) is 9.18. The number of halogens is 1. The summed E-state index contributed by atoms with van der Waals surface area (Å²) in [5, 5.41) is 4.94. The lowest BCUT2D eigenvalue weighted by molar-refractivity contribution is -0.148. The Morgan fingerprint density at radius 3 is 1.95 bits per heavy atom. The van der Waals surface area contributed by atoms with Gasteiger partial charge in [-0.1, -0.05) is 98.2 Å². The lowest BCUT2D eigenvalue weighted by Crippen LogP contribution is -2.48. The predicted octanol–water partition coefficient (Wildman–Crippen LogP) is 7.30. The van der Waals surface area contributed by atoms with E-state index in [1.165, 1.54) is 0 Å². The van der Waals surface area contributed by atoms with Gasteiger partial charge < -0.3 is 9.74 Å². The van der Waals surface area contributed by atoms with Crippen LogP contribution in [0.3, 0.4) is 0 Å². The first-order valence-electron chi connectivity index (χ1n) is 13.1. The maximum atomic E-state index is 14.6. The second-order valence-corrected chi connectivity index (χ2v) is 11.7. The Labute approximate surface area is 229 Å². The molecule has 0 spiro atoms. The maximum absolute atomic E-state index is 14.6. The Kier molecular flexibility index (Phi) is 6.91. The van der Waals surface area contributed by atoms with Gasteiger partial charge in [-0.3, -0.25) is 4.79 Å². The highest BCUT2D eigenvalue weighted by molar-refractivity contribution is 6.30. The SMILES string of the molecule is CC12CCC(C(=O)N(Cc3ccccc3)Cc3ccccc3)(C/C1=N\OC(=O)c1ccc(Cl)cc1)C2(C)C. The lowest BCUT2D eigenvalue weighted by atomic mass is 9.64. The number of rotatable bonds is 7. The van der Waals surface area contributed by atoms with Crippen LogP contribution in [0.15, 0.2) is 90.1 Å². The molecule has 2 atom stereocenters. The number of hydrogen-bond donors (Lipinski definition) is 0. The molecule has 1 amide bonds. The molecule has 2 saturated carbocycles. The molecule has 0 radical (unpaired) electrons. The van der Waals surface area contributed by atoms with Crippen LogP contribution >= 0.6 is 11.6 Å². The van der Waals surface area contributed by atoms with Crippen LogP contribution in [0, 0.1) is 16.2 Å². The molecular weight excluding hydrogens is 496 g/mol. The average Bonchev–Trinajstić information content (AvgIpc) is 3.23. The van der Waals surface area contributed by atoms with Crippen LogP contribution in [0.25, 0.3) is 0 Å². The summed E-state index contributed by atoms with van der Waals surface area (Å²) in [5.41, 5.74) is 2.00. The molecule has 0 N–H and O–H groups in total. The number of amides is 1. The van der Waals surface area contributed by atoms with Crippen molar-refractivity contribution >= 4 is 29.2 Å².